The van der Waals surface area contributed by atoms with Crippen molar-refractivity contribution in [1.29, 1.82) is 0 Å². The first kappa shape index (κ1) is 32.4. The topological polar surface area (TPSA) is 120 Å². The molecule has 0 bridgehead atoms. The molecule has 41 heavy (non-hydrogen) atoms. The van der Waals surface area contributed by atoms with Gasteiger partial charge in [-0.15, -0.1) is 0 Å². The summed E-state index contributed by atoms with van der Waals surface area (Å²) in [6.07, 6.45) is 4.90. The molecular formula is C31H49N5O5. The molecule has 3 N–H and O–H groups in total. The van der Waals surface area contributed by atoms with Crippen LogP contribution in [0.4, 0.5) is 4.79 Å². The van der Waals surface area contributed by atoms with E-state index in [0.29, 0.717) is 45.2 Å². The Hall–Kier alpha value is -3.14. The van der Waals surface area contributed by atoms with Crippen LogP contribution < -0.4 is 16.0 Å². The van der Waals surface area contributed by atoms with Gasteiger partial charge in [0.1, 0.15) is 17.6 Å². The third kappa shape index (κ3) is 8.67. The maximum Gasteiger partial charge on any atom is 0.328 e. The van der Waals surface area contributed by atoms with Crippen LogP contribution in [0.3, 0.4) is 0 Å². The van der Waals surface area contributed by atoms with Crippen LogP contribution in [0.25, 0.3) is 0 Å². The summed E-state index contributed by atoms with van der Waals surface area (Å²) in [6, 6.07) is 8.74. The Kier molecular flexibility index (Phi) is 12.4. The van der Waals surface area contributed by atoms with E-state index in [-0.39, 0.29) is 24.3 Å². The number of amides is 4. The number of piperazine rings is 1. The highest BCUT2D eigenvalue weighted by molar-refractivity contribution is 6.00. The van der Waals surface area contributed by atoms with Crippen LogP contribution in [0.15, 0.2) is 30.3 Å². The number of piperidine rings is 1. The molecule has 1 aromatic carbocycles. The minimum absolute atomic E-state index is 0.00380. The van der Waals surface area contributed by atoms with Gasteiger partial charge in [-0.25, -0.2) is 9.59 Å². The maximum atomic E-state index is 13.6. The zero-order chi connectivity index (χ0) is 29.8. The van der Waals surface area contributed by atoms with Gasteiger partial charge in [0.15, 0.2) is 0 Å². The predicted octanol–water partition coefficient (Wildman–Crippen LogP) is 2.86. The molecule has 1 spiro atoms. The first-order chi connectivity index (χ1) is 19.7. The molecule has 2 saturated heterocycles. The molecule has 2 atom stereocenters. The van der Waals surface area contributed by atoms with E-state index >= 15 is 0 Å². The smallest absolute Gasteiger partial charge is 0.328 e. The average Bonchev–Trinajstić information content (AvgIpc) is 2.96. The van der Waals surface area contributed by atoms with Crippen LogP contribution >= 0.6 is 0 Å². The first-order valence-electron chi connectivity index (χ1n) is 15.3. The van der Waals surface area contributed by atoms with Crippen molar-refractivity contribution in [2.75, 3.05) is 39.3 Å². The summed E-state index contributed by atoms with van der Waals surface area (Å²) in [5.74, 6) is -0.577. The van der Waals surface area contributed by atoms with Crippen LogP contribution in [0.2, 0.25) is 0 Å². The van der Waals surface area contributed by atoms with Gasteiger partial charge in [0.05, 0.1) is 6.61 Å². The lowest BCUT2D eigenvalue weighted by molar-refractivity contribution is -0.161. The Morgan fingerprint density at radius 2 is 1.78 bits per heavy atom. The average molecular weight is 572 g/mol. The van der Waals surface area contributed by atoms with Gasteiger partial charge in [-0.05, 0) is 63.4 Å². The molecule has 10 nitrogen and oxygen atoms in total. The van der Waals surface area contributed by atoms with Gasteiger partial charge in [-0.2, -0.15) is 0 Å². The molecule has 0 saturated carbocycles. The van der Waals surface area contributed by atoms with E-state index in [2.05, 4.69) is 45.1 Å². The molecule has 3 rings (SSSR count). The normalized spacial score (nSPS) is 19.6. The van der Waals surface area contributed by atoms with Crippen molar-refractivity contribution in [2.24, 2.45) is 5.92 Å². The molecule has 2 aliphatic rings. The van der Waals surface area contributed by atoms with Crippen LogP contribution in [0.5, 0.6) is 0 Å². The van der Waals surface area contributed by atoms with Crippen LogP contribution in [-0.4, -0.2) is 90.6 Å². The SMILES string of the molecule is CCCN1C(=O)[C@H](CCCCNC(=O)NC(C(=O)OCC)C(C)C)NC(=O)C12CCN(CCc1ccccc1)CC2. The number of likely N-dealkylation sites (tertiary alicyclic amines) is 1. The van der Waals surface area contributed by atoms with Crippen LogP contribution in [-0.2, 0) is 25.5 Å². The molecular weight excluding hydrogens is 522 g/mol. The number of unbranched alkanes of at least 4 members (excludes halogenated alkanes) is 1. The van der Waals surface area contributed by atoms with Crippen molar-refractivity contribution >= 4 is 23.8 Å². The van der Waals surface area contributed by atoms with Crippen molar-refractivity contribution < 1.29 is 23.9 Å². The molecule has 4 amide bonds. The molecule has 2 aliphatic heterocycles. The van der Waals surface area contributed by atoms with E-state index < -0.39 is 29.6 Å². The van der Waals surface area contributed by atoms with Gasteiger partial charge < -0.3 is 30.5 Å². The fourth-order valence-corrected chi connectivity index (χ4v) is 5.79. The Bertz CT molecular complexity index is 1010. The zero-order valence-corrected chi connectivity index (χ0v) is 25.2. The second kappa shape index (κ2) is 15.7. The van der Waals surface area contributed by atoms with Crippen molar-refractivity contribution in [3.63, 3.8) is 0 Å². The lowest BCUT2D eigenvalue weighted by atomic mass is 9.81. The molecule has 228 valence electrons. The quantitative estimate of drug-likeness (QED) is 0.233. The van der Waals surface area contributed by atoms with E-state index in [1.165, 1.54) is 5.56 Å². The number of carbonyl (C=O) groups is 4. The van der Waals surface area contributed by atoms with Crippen LogP contribution in [0, 0.1) is 5.92 Å². The lowest BCUT2D eigenvalue weighted by Gasteiger charge is -2.51. The molecule has 0 radical (unpaired) electrons. The number of nitrogens with zero attached hydrogens (tertiary/aromatic N) is 2. The lowest BCUT2D eigenvalue weighted by Crippen LogP contribution is -2.72. The van der Waals surface area contributed by atoms with Gasteiger partial charge in [-0.3, -0.25) is 9.59 Å². The van der Waals surface area contributed by atoms with Crippen molar-refractivity contribution in [3.05, 3.63) is 35.9 Å². The van der Waals surface area contributed by atoms with E-state index in [4.69, 9.17) is 4.74 Å². The van der Waals surface area contributed by atoms with Crippen LogP contribution in [0.1, 0.15) is 71.8 Å². The van der Waals surface area contributed by atoms with E-state index in [9.17, 15) is 19.2 Å². The summed E-state index contributed by atoms with van der Waals surface area (Å²) in [5.41, 5.74) is 0.541. The number of benzene rings is 1. The standard InChI is InChI=1S/C31H49N5O5/c1-5-19-36-27(37)25(14-10-11-18-32-30(40)34-26(23(3)4)28(38)41-6-2)33-29(39)31(36)16-21-35(22-17-31)20-15-24-12-8-7-9-13-24/h7-9,12-13,23,25-26H,5-6,10-11,14-22H2,1-4H3,(H,33,39)(H2,32,34,40)/t25-,26?/m0/s1. The van der Waals surface area contributed by atoms with E-state index in [0.717, 1.165) is 32.5 Å². The summed E-state index contributed by atoms with van der Waals surface area (Å²) in [7, 11) is 0. The van der Waals surface area contributed by atoms with Crippen molar-refractivity contribution in [3.8, 4) is 0 Å². The monoisotopic (exact) mass is 571 g/mol. The molecule has 1 aromatic rings. The second-order valence-corrected chi connectivity index (χ2v) is 11.5. The van der Waals surface area contributed by atoms with Gasteiger partial charge >= 0.3 is 12.0 Å². The van der Waals surface area contributed by atoms with E-state index in [1.807, 2.05) is 31.7 Å². The largest absolute Gasteiger partial charge is 0.464 e. The predicted molar refractivity (Wildman–Crippen MR) is 158 cm³/mol. The summed E-state index contributed by atoms with van der Waals surface area (Å²) >= 11 is 0. The summed E-state index contributed by atoms with van der Waals surface area (Å²) in [5, 5.41) is 8.51. The number of urea groups is 1. The van der Waals surface area contributed by atoms with E-state index in [1.54, 1.807) is 6.92 Å². The fourth-order valence-electron chi connectivity index (χ4n) is 5.79. The highest BCUT2D eigenvalue weighted by atomic mass is 16.5. The summed E-state index contributed by atoms with van der Waals surface area (Å²) < 4.78 is 5.04. The number of rotatable bonds is 14. The van der Waals surface area contributed by atoms with Crippen molar-refractivity contribution in [1.82, 2.24) is 25.8 Å². The Balaban J connectivity index is 1.45. The Morgan fingerprint density at radius 3 is 2.41 bits per heavy atom. The summed E-state index contributed by atoms with van der Waals surface area (Å²) in [6.45, 7) is 11.2. The molecule has 0 aromatic heterocycles. The zero-order valence-electron chi connectivity index (χ0n) is 25.2. The molecule has 10 heteroatoms. The van der Waals surface area contributed by atoms with Crippen molar-refractivity contribution in [2.45, 2.75) is 90.3 Å². The molecule has 2 fully saturated rings. The first-order valence-corrected chi connectivity index (χ1v) is 15.3. The molecule has 2 heterocycles. The third-order valence-corrected chi connectivity index (χ3v) is 8.20. The Morgan fingerprint density at radius 1 is 1.07 bits per heavy atom. The minimum Gasteiger partial charge on any atom is -0.464 e. The minimum atomic E-state index is -0.766. The molecule has 1 unspecified atom stereocenters. The maximum absolute atomic E-state index is 13.6. The highest BCUT2D eigenvalue weighted by Gasteiger charge is 2.53. The number of carbonyl (C=O) groups excluding carboxylic acids is 4. The number of hydrogen-bond acceptors (Lipinski definition) is 6. The van der Waals surface area contributed by atoms with Gasteiger partial charge in [0, 0.05) is 32.7 Å². The Labute approximate surface area is 244 Å². The second-order valence-electron chi connectivity index (χ2n) is 11.5. The highest BCUT2D eigenvalue weighted by Crippen LogP contribution is 2.34. The molecule has 0 aliphatic carbocycles. The number of hydrogen-bond donors (Lipinski definition) is 3. The van der Waals surface area contributed by atoms with Gasteiger partial charge in [-0.1, -0.05) is 51.1 Å². The number of esters is 1. The third-order valence-electron chi connectivity index (χ3n) is 8.20. The summed E-state index contributed by atoms with van der Waals surface area (Å²) in [4.78, 5) is 55.7. The number of ether oxygens (including phenoxy) is 1. The fraction of sp³-hybridized carbons (Fsp3) is 0.677. The van der Waals surface area contributed by atoms with Gasteiger partial charge in [0.2, 0.25) is 11.8 Å². The van der Waals surface area contributed by atoms with Gasteiger partial charge in [0.25, 0.3) is 0 Å². The number of nitrogens with one attached hydrogen (secondary N) is 3.